The van der Waals surface area contributed by atoms with E-state index >= 15 is 0 Å². The lowest BCUT2D eigenvalue weighted by Gasteiger charge is -2.34. The molecule has 96 valence electrons. The van der Waals surface area contributed by atoms with E-state index in [-0.39, 0.29) is 0 Å². The van der Waals surface area contributed by atoms with Crippen LogP contribution in [0.2, 0.25) is 0 Å². The van der Waals surface area contributed by atoms with Crippen LogP contribution in [0.1, 0.15) is 50.8 Å². The van der Waals surface area contributed by atoms with Gasteiger partial charge < -0.3 is 4.90 Å². The first-order valence-electron chi connectivity index (χ1n) is 7.10. The summed E-state index contributed by atoms with van der Waals surface area (Å²) in [6.07, 6.45) is 9.56. The van der Waals surface area contributed by atoms with Crippen molar-refractivity contribution in [2.45, 2.75) is 58.4 Å². The van der Waals surface area contributed by atoms with Gasteiger partial charge in [-0.05, 0) is 50.8 Å². The van der Waals surface area contributed by atoms with E-state index in [0.717, 1.165) is 6.04 Å². The van der Waals surface area contributed by atoms with Gasteiger partial charge in [0.25, 0.3) is 0 Å². The van der Waals surface area contributed by atoms with Gasteiger partial charge in [0.05, 0.1) is 6.20 Å². The van der Waals surface area contributed by atoms with E-state index in [1.54, 1.807) is 0 Å². The van der Waals surface area contributed by atoms with Crippen LogP contribution < -0.4 is 0 Å². The molecule has 0 radical (unpaired) electrons. The summed E-state index contributed by atoms with van der Waals surface area (Å²) >= 11 is 0. The Morgan fingerprint density at radius 3 is 3.00 bits per heavy atom. The lowest BCUT2D eigenvalue weighted by atomic mass is 9.92. The predicted molar refractivity (Wildman–Crippen MR) is 71.2 cm³/mol. The Hall–Kier alpha value is -0.830. The minimum atomic E-state index is 0.742. The molecule has 1 heterocycles. The van der Waals surface area contributed by atoms with Gasteiger partial charge in [0.2, 0.25) is 0 Å². The highest BCUT2D eigenvalue weighted by Crippen LogP contribution is 2.23. The Bertz CT molecular complexity index is 332. The zero-order chi connectivity index (χ0) is 12.1. The van der Waals surface area contributed by atoms with Crippen molar-refractivity contribution in [1.82, 2.24) is 15.1 Å². The molecule has 1 aromatic rings. The fourth-order valence-corrected chi connectivity index (χ4v) is 2.83. The molecular weight excluding hydrogens is 210 g/mol. The van der Waals surface area contributed by atoms with Crippen LogP contribution in [0.25, 0.3) is 0 Å². The van der Waals surface area contributed by atoms with E-state index in [2.05, 4.69) is 28.9 Å². The highest BCUT2D eigenvalue weighted by Gasteiger charge is 2.24. The molecule has 0 aromatic carbocycles. The fourth-order valence-electron chi connectivity index (χ4n) is 2.83. The molecule has 0 unspecified atom stereocenters. The Kier molecular flexibility index (Phi) is 4.60. The summed E-state index contributed by atoms with van der Waals surface area (Å²) in [5.41, 5.74) is 2.81. The predicted octanol–water partition coefficient (Wildman–Crippen LogP) is 2.78. The quantitative estimate of drug-likeness (QED) is 0.822. The van der Waals surface area contributed by atoms with Crippen molar-refractivity contribution in [3.8, 4) is 0 Å². The maximum absolute atomic E-state index is 4.16. The number of aryl methyl sites for hydroxylation is 1. The topological polar surface area (TPSA) is 31.9 Å². The van der Waals surface area contributed by atoms with Gasteiger partial charge in [-0.1, -0.05) is 20.3 Å². The number of H-pyrrole nitrogens is 1. The molecule has 1 aliphatic carbocycles. The second-order valence-electron chi connectivity index (χ2n) is 5.16. The third kappa shape index (κ3) is 3.09. The molecule has 0 saturated heterocycles. The number of hydrogen-bond acceptors (Lipinski definition) is 2. The molecule has 0 fully saturated rings. The molecule has 1 aliphatic rings. The third-order valence-electron chi connectivity index (χ3n) is 3.82. The Balaban J connectivity index is 1.96. The molecule has 3 heteroatoms. The Morgan fingerprint density at radius 2 is 2.24 bits per heavy atom. The maximum Gasteiger partial charge on any atom is 0.0522 e. The number of nitrogens with zero attached hydrogens (tertiary/aromatic N) is 2. The van der Waals surface area contributed by atoms with Crippen molar-refractivity contribution in [2.24, 2.45) is 0 Å². The van der Waals surface area contributed by atoms with Crippen LogP contribution in [0.4, 0.5) is 0 Å². The fraction of sp³-hybridized carbons (Fsp3) is 0.786. The minimum Gasteiger partial charge on any atom is -0.300 e. The van der Waals surface area contributed by atoms with Crippen LogP contribution in [0.3, 0.4) is 0 Å². The first kappa shape index (κ1) is 12.6. The van der Waals surface area contributed by atoms with Crippen LogP contribution >= 0.6 is 0 Å². The number of unbranched alkanes of at least 4 members (excludes halogenated alkanes) is 1. The molecule has 2 rings (SSSR count). The summed E-state index contributed by atoms with van der Waals surface area (Å²) in [7, 11) is 0. The van der Waals surface area contributed by atoms with Gasteiger partial charge >= 0.3 is 0 Å². The van der Waals surface area contributed by atoms with E-state index in [1.807, 2.05) is 6.20 Å². The minimum absolute atomic E-state index is 0.742. The third-order valence-corrected chi connectivity index (χ3v) is 3.82. The summed E-state index contributed by atoms with van der Waals surface area (Å²) in [6.45, 7) is 7.07. The van der Waals surface area contributed by atoms with Gasteiger partial charge in [-0.25, -0.2) is 0 Å². The van der Waals surface area contributed by atoms with Crippen molar-refractivity contribution in [1.29, 1.82) is 0 Å². The second kappa shape index (κ2) is 6.20. The van der Waals surface area contributed by atoms with Crippen molar-refractivity contribution in [3.63, 3.8) is 0 Å². The van der Waals surface area contributed by atoms with Crippen LogP contribution in [-0.4, -0.2) is 34.2 Å². The van der Waals surface area contributed by atoms with E-state index in [9.17, 15) is 0 Å². The Labute approximate surface area is 105 Å². The van der Waals surface area contributed by atoms with Gasteiger partial charge in [0, 0.05) is 11.7 Å². The van der Waals surface area contributed by atoms with E-state index < -0.39 is 0 Å². The van der Waals surface area contributed by atoms with Crippen molar-refractivity contribution in [3.05, 3.63) is 17.5 Å². The largest absolute Gasteiger partial charge is 0.300 e. The van der Waals surface area contributed by atoms with Crippen molar-refractivity contribution >= 4 is 0 Å². The van der Waals surface area contributed by atoms with E-state index in [0.29, 0.717) is 0 Å². The van der Waals surface area contributed by atoms with Crippen LogP contribution in [0.15, 0.2) is 6.20 Å². The molecule has 0 saturated carbocycles. The first-order chi connectivity index (χ1) is 8.35. The SMILES string of the molecule is CCCCN(CCC)[C@H]1CCc2[nH]ncc2C1. The van der Waals surface area contributed by atoms with Crippen LogP contribution in [0.5, 0.6) is 0 Å². The molecule has 1 N–H and O–H groups in total. The molecule has 0 spiro atoms. The lowest BCUT2D eigenvalue weighted by Crippen LogP contribution is -2.40. The van der Waals surface area contributed by atoms with Crippen LogP contribution in [-0.2, 0) is 12.8 Å². The normalized spacial score (nSPS) is 19.6. The number of nitrogens with one attached hydrogen (secondary N) is 1. The van der Waals surface area contributed by atoms with Gasteiger partial charge in [-0.3, -0.25) is 5.10 Å². The summed E-state index contributed by atoms with van der Waals surface area (Å²) in [4.78, 5) is 2.69. The van der Waals surface area contributed by atoms with Crippen molar-refractivity contribution in [2.75, 3.05) is 13.1 Å². The van der Waals surface area contributed by atoms with E-state index in [1.165, 1.54) is 62.9 Å². The monoisotopic (exact) mass is 235 g/mol. The average Bonchev–Trinajstić information content (AvgIpc) is 2.81. The number of fused-ring (bicyclic) bond motifs is 1. The zero-order valence-corrected chi connectivity index (χ0v) is 11.2. The lowest BCUT2D eigenvalue weighted by molar-refractivity contribution is 0.177. The molecule has 0 amide bonds. The second-order valence-corrected chi connectivity index (χ2v) is 5.16. The number of rotatable bonds is 6. The summed E-state index contributed by atoms with van der Waals surface area (Å²) in [5.74, 6) is 0. The molecule has 1 atom stereocenters. The van der Waals surface area contributed by atoms with Crippen LogP contribution in [0, 0.1) is 0 Å². The first-order valence-corrected chi connectivity index (χ1v) is 7.10. The van der Waals surface area contributed by atoms with Gasteiger partial charge in [0.1, 0.15) is 0 Å². The molecule has 0 bridgehead atoms. The highest BCUT2D eigenvalue weighted by atomic mass is 15.2. The van der Waals surface area contributed by atoms with Crippen molar-refractivity contribution < 1.29 is 0 Å². The zero-order valence-electron chi connectivity index (χ0n) is 11.2. The molecule has 17 heavy (non-hydrogen) atoms. The highest BCUT2D eigenvalue weighted by molar-refractivity contribution is 5.21. The average molecular weight is 235 g/mol. The van der Waals surface area contributed by atoms with Gasteiger partial charge in [-0.2, -0.15) is 5.10 Å². The number of aromatic nitrogens is 2. The molecular formula is C14H25N3. The molecule has 3 nitrogen and oxygen atoms in total. The summed E-state index contributed by atoms with van der Waals surface area (Å²) in [5, 5.41) is 7.29. The maximum atomic E-state index is 4.16. The number of aromatic amines is 1. The van der Waals surface area contributed by atoms with Gasteiger partial charge in [0.15, 0.2) is 0 Å². The Morgan fingerprint density at radius 1 is 1.35 bits per heavy atom. The summed E-state index contributed by atoms with van der Waals surface area (Å²) < 4.78 is 0. The standard InChI is InChI=1S/C14H25N3/c1-3-5-9-17(8-4-2)13-6-7-14-12(10-13)11-15-16-14/h11,13H,3-10H2,1-2H3,(H,15,16)/t13-/m0/s1. The summed E-state index contributed by atoms with van der Waals surface area (Å²) in [6, 6.07) is 0.742. The molecule has 1 aromatic heterocycles. The molecule has 0 aliphatic heterocycles. The van der Waals surface area contributed by atoms with E-state index in [4.69, 9.17) is 0 Å². The smallest absolute Gasteiger partial charge is 0.0522 e. The van der Waals surface area contributed by atoms with Gasteiger partial charge in [-0.15, -0.1) is 0 Å². The number of hydrogen-bond donors (Lipinski definition) is 1.